The minimum Gasteiger partial charge on any atom is -0.465 e. The predicted molar refractivity (Wildman–Crippen MR) is 102 cm³/mol. The SMILES string of the molecule is COC(=O)c1c(NC(=O)c2ccco2)sc(Cc2ccc3c(c2)OCO3)c1C. The van der Waals surface area contributed by atoms with Crippen molar-refractivity contribution in [2.24, 2.45) is 0 Å². The van der Waals surface area contributed by atoms with E-state index >= 15 is 0 Å². The van der Waals surface area contributed by atoms with Crippen molar-refractivity contribution in [1.82, 2.24) is 0 Å². The molecule has 4 rings (SSSR count). The fraction of sp³-hybridized carbons (Fsp3) is 0.200. The molecule has 0 saturated heterocycles. The van der Waals surface area contributed by atoms with Crippen molar-refractivity contribution in [2.75, 3.05) is 19.2 Å². The van der Waals surface area contributed by atoms with Gasteiger partial charge in [-0.25, -0.2) is 4.79 Å². The number of hydrogen-bond acceptors (Lipinski definition) is 7. The molecule has 0 spiro atoms. The van der Waals surface area contributed by atoms with Crippen molar-refractivity contribution in [3.8, 4) is 11.5 Å². The number of anilines is 1. The van der Waals surface area contributed by atoms with E-state index < -0.39 is 11.9 Å². The van der Waals surface area contributed by atoms with Crippen LogP contribution in [-0.4, -0.2) is 25.8 Å². The highest BCUT2D eigenvalue weighted by Gasteiger charge is 2.24. The summed E-state index contributed by atoms with van der Waals surface area (Å²) in [6.07, 6.45) is 1.99. The summed E-state index contributed by atoms with van der Waals surface area (Å²) >= 11 is 1.34. The monoisotopic (exact) mass is 399 g/mol. The number of fused-ring (bicyclic) bond motifs is 1. The molecule has 28 heavy (non-hydrogen) atoms. The zero-order valence-electron chi connectivity index (χ0n) is 15.2. The van der Waals surface area contributed by atoms with Gasteiger partial charge in [-0.1, -0.05) is 6.07 Å². The van der Waals surface area contributed by atoms with Crippen LogP contribution in [0.15, 0.2) is 41.0 Å². The number of carbonyl (C=O) groups excluding carboxylic acids is 2. The van der Waals surface area contributed by atoms with E-state index in [0.29, 0.717) is 28.5 Å². The Morgan fingerprint density at radius 3 is 2.79 bits per heavy atom. The number of esters is 1. The number of rotatable bonds is 5. The van der Waals surface area contributed by atoms with E-state index in [1.807, 2.05) is 25.1 Å². The third-order valence-corrected chi connectivity index (χ3v) is 5.62. The zero-order valence-corrected chi connectivity index (χ0v) is 16.1. The third kappa shape index (κ3) is 3.34. The minimum atomic E-state index is -0.500. The van der Waals surface area contributed by atoms with Crippen molar-refractivity contribution in [3.05, 3.63) is 63.9 Å². The normalized spacial score (nSPS) is 12.1. The molecule has 3 heterocycles. The Balaban J connectivity index is 1.65. The highest BCUT2D eigenvalue weighted by molar-refractivity contribution is 7.17. The van der Waals surface area contributed by atoms with Crippen LogP contribution in [-0.2, 0) is 11.2 Å². The molecule has 0 fully saturated rings. The lowest BCUT2D eigenvalue weighted by Crippen LogP contribution is -2.13. The van der Waals surface area contributed by atoms with Crippen molar-refractivity contribution < 1.29 is 28.2 Å². The summed E-state index contributed by atoms with van der Waals surface area (Å²) in [4.78, 5) is 25.6. The lowest BCUT2D eigenvalue weighted by atomic mass is 10.1. The van der Waals surface area contributed by atoms with Crippen molar-refractivity contribution in [2.45, 2.75) is 13.3 Å². The molecule has 8 heteroatoms. The third-order valence-electron chi connectivity index (χ3n) is 4.41. The topological polar surface area (TPSA) is 87.0 Å². The number of methoxy groups -OCH3 is 1. The maximum atomic E-state index is 12.4. The Bertz CT molecular complexity index is 1040. The summed E-state index contributed by atoms with van der Waals surface area (Å²) in [6.45, 7) is 2.06. The van der Waals surface area contributed by atoms with Gasteiger partial charge >= 0.3 is 5.97 Å². The molecule has 0 saturated carbocycles. The van der Waals surface area contributed by atoms with Gasteiger partial charge in [-0.3, -0.25) is 4.79 Å². The van der Waals surface area contributed by atoms with Gasteiger partial charge in [-0.2, -0.15) is 0 Å². The summed E-state index contributed by atoms with van der Waals surface area (Å²) < 4.78 is 20.8. The van der Waals surface area contributed by atoms with Crippen LogP contribution in [0.5, 0.6) is 11.5 Å². The van der Waals surface area contributed by atoms with E-state index in [-0.39, 0.29) is 12.6 Å². The van der Waals surface area contributed by atoms with Gasteiger partial charge in [0.2, 0.25) is 6.79 Å². The zero-order chi connectivity index (χ0) is 19.7. The van der Waals surface area contributed by atoms with Crippen LogP contribution >= 0.6 is 11.3 Å². The molecule has 2 aromatic heterocycles. The fourth-order valence-electron chi connectivity index (χ4n) is 2.97. The molecule has 1 aliphatic heterocycles. The van der Waals surface area contributed by atoms with Crippen LogP contribution in [0.3, 0.4) is 0 Å². The Morgan fingerprint density at radius 2 is 2.04 bits per heavy atom. The number of ether oxygens (including phenoxy) is 3. The maximum Gasteiger partial charge on any atom is 0.341 e. The molecule has 1 N–H and O–H groups in total. The molecule has 7 nitrogen and oxygen atoms in total. The lowest BCUT2D eigenvalue weighted by Gasteiger charge is -2.04. The highest BCUT2D eigenvalue weighted by atomic mass is 32.1. The molecule has 0 bridgehead atoms. The maximum absolute atomic E-state index is 12.4. The van der Waals surface area contributed by atoms with Gasteiger partial charge in [0.15, 0.2) is 17.3 Å². The fourth-order valence-corrected chi connectivity index (χ4v) is 4.20. The largest absolute Gasteiger partial charge is 0.465 e. The summed E-state index contributed by atoms with van der Waals surface area (Å²) in [5, 5.41) is 3.19. The first-order valence-electron chi connectivity index (χ1n) is 8.50. The van der Waals surface area contributed by atoms with Crippen molar-refractivity contribution in [1.29, 1.82) is 0 Å². The molecule has 1 amide bonds. The van der Waals surface area contributed by atoms with Crippen LogP contribution in [0.2, 0.25) is 0 Å². The van der Waals surface area contributed by atoms with Gasteiger partial charge in [0.25, 0.3) is 5.91 Å². The van der Waals surface area contributed by atoms with Gasteiger partial charge in [0.05, 0.1) is 18.9 Å². The smallest absolute Gasteiger partial charge is 0.341 e. The summed E-state index contributed by atoms with van der Waals surface area (Å²) in [7, 11) is 1.31. The Hall–Kier alpha value is -3.26. The molecular formula is C20H17NO6S. The molecule has 3 aromatic rings. The Morgan fingerprint density at radius 1 is 1.21 bits per heavy atom. The lowest BCUT2D eigenvalue weighted by molar-refractivity contribution is 0.0601. The Kier molecular flexibility index (Phi) is 4.79. The number of nitrogens with one attached hydrogen (secondary N) is 1. The van der Waals surface area contributed by atoms with Crippen molar-refractivity contribution >= 4 is 28.2 Å². The highest BCUT2D eigenvalue weighted by Crippen LogP contribution is 2.37. The number of thiophene rings is 1. The van der Waals surface area contributed by atoms with Crippen LogP contribution in [0.25, 0.3) is 0 Å². The van der Waals surface area contributed by atoms with Crippen molar-refractivity contribution in [3.63, 3.8) is 0 Å². The molecular weight excluding hydrogens is 382 g/mol. The second kappa shape index (κ2) is 7.40. The standard InChI is InChI=1S/C20H17NO6S/c1-11-16(9-12-5-6-13-15(8-12)27-10-26-13)28-19(17(11)20(23)24-2)21-18(22)14-4-3-7-25-14/h3-8H,9-10H2,1-2H3,(H,21,22). The molecule has 0 radical (unpaired) electrons. The second-order valence-corrected chi connectivity index (χ2v) is 7.25. The summed E-state index contributed by atoms with van der Waals surface area (Å²) in [6, 6.07) is 8.91. The van der Waals surface area contributed by atoms with Gasteiger partial charge in [-0.05, 0) is 42.3 Å². The molecule has 0 aliphatic carbocycles. The quantitative estimate of drug-likeness (QED) is 0.653. The van der Waals surface area contributed by atoms with Crippen LogP contribution in [0.1, 0.15) is 36.9 Å². The van der Waals surface area contributed by atoms with Crippen LogP contribution in [0, 0.1) is 6.92 Å². The average Bonchev–Trinajstić information content (AvgIpc) is 3.42. The van der Waals surface area contributed by atoms with E-state index in [2.05, 4.69) is 5.32 Å². The number of carbonyl (C=O) groups is 2. The number of furan rings is 1. The predicted octanol–water partition coefficient (Wildman–Crippen LogP) is 4.01. The van der Waals surface area contributed by atoms with E-state index in [0.717, 1.165) is 16.0 Å². The number of hydrogen-bond donors (Lipinski definition) is 1. The van der Waals surface area contributed by atoms with E-state index in [1.54, 1.807) is 12.1 Å². The van der Waals surface area contributed by atoms with Gasteiger partial charge in [-0.15, -0.1) is 11.3 Å². The molecule has 1 aliphatic rings. The molecule has 0 atom stereocenters. The van der Waals surface area contributed by atoms with Crippen LogP contribution < -0.4 is 14.8 Å². The Labute approximate surface area is 164 Å². The summed E-state index contributed by atoms with van der Waals surface area (Å²) in [5.74, 6) is 0.658. The molecule has 144 valence electrons. The van der Waals surface area contributed by atoms with Gasteiger partial charge in [0.1, 0.15) is 5.00 Å². The van der Waals surface area contributed by atoms with Gasteiger partial charge < -0.3 is 23.9 Å². The molecule has 0 unspecified atom stereocenters. The average molecular weight is 399 g/mol. The second-order valence-electron chi connectivity index (χ2n) is 6.14. The number of amides is 1. The molecule has 1 aromatic carbocycles. The minimum absolute atomic E-state index is 0.166. The van der Waals surface area contributed by atoms with E-state index in [1.165, 1.54) is 24.7 Å². The van der Waals surface area contributed by atoms with Crippen LogP contribution in [0.4, 0.5) is 5.00 Å². The number of benzene rings is 1. The van der Waals surface area contributed by atoms with Gasteiger partial charge in [0, 0.05) is 11.3 Å². The first-order chi connectivity index (χ1) is 13.6. The summed E-state index contributed by atoms with van der Waals surface area (Å²) in [5.41, 5.74) is 2.13. The first-order valence-corrected chi connectivity index (χ1v) is 9.32. The van der Waals surface area contributed by atoms with E-state index in [4.69, 9.17) is 18.6 Å². The van der Waals surface area contributed by atoms with E-state index in [9.17, 15) is 9.59 Å². The first kappa shape index (κ1) is 18.1.